The van der Waals surface area contributed by atoms with Crippen LogP contribution in [0.2, 0.25) is 0 Å². The molecule has 0 spiro atoms. The maximum Gasteiger partial charge on any atom is 0.274 e. The summed E-state index contributed by atoms with van der Waals surface area (Å²) >= 11 is 5.95. The summed E-state index contributed by atoms with van der Waals surface area (Å²) in [5.41, 5.74) is 0.640. The minimum atomic E-state index is -0.120. The quantitative estimate of drug-likeness (QED) is 0.724. The Morgan fingerprint density at radius 2 is 1.73 bits per heavy atom. The summed E-state index contributed by atoms with van der Waals surface area (Å²) in [6.45, 7) is 0. The summed E-state index contributed by atoms with van der Waals surface area (Å²) in [6, 6.07) is 8.99. The van der Waals surface area contributed by atoms with Crippen molar-refractivity contribution in [3.05, 3.63) is 35.9 Å². The SMILES string of the molecule is O=C(c1ccccc1)N(Br)Br. The Kier molecular flexibility index (Phi) is 3.08. The van der Waals surface area contributed by atoms with Crippen molar-refractivity contribution in [3.63, 3.8) is 0 Å². The molecule has 4 heteroatoms. The Labute approximate surface area is 81.9 Å². The first-order valence-electron chi connectivity index (χ1n) is 2.93. The van der Waals surface area contributed by atoms with Crippen molar-refractivity contribution < 1.29 is 4.79 Å². The molecule has 0 aromatic heterocycles. The molecule has 1 amide bonds. The lowest BCUT2D eigenvalue weighted by atomic mass is 10.2. The Balaban J connectivity index is 2.86. The van der Waals surface area contributed by atoms with Gasteiger partial charge in [-0.15, -0.1) is 0 Å². The van der Waals surface area contributed by atoms with Crippen LogP contribution in [0, 0.1) is 0 Å². The summed E-state index contributed by atoms with van der Waals surface area (Å²) in [7, 11) is 0. The van der Waals surface area contributed by atoms with Crippen LogP contribution in [0.5, 0.6) is 0 Å². The van der Waals surface area contributed by atoms with E-state index in [0.29, 0.717) is 5.56 Å². The number of nitrogens with zero attached hydrogens (tertiary/aromatic N) is 1. The van der Waals surface area contributed by atoms with Gasteiger partial charge < -0.3 is 0 Å². The molecule has 1 aromatic rings. The summed E-state index contributed by atoms with van der Waals surface area (Å²) < 4.78 is 1.19. The predicted molar refractivity (Wildman–Crippen MR) is 50.5 cm³/mol. The van der Waals surface area contributed by atoms with Gasteiger partial charge >= 0.3 is 0 Å². The Hall–Kier alpha value is -0.350. The van der Waals surface area contributed by atoms with Crippen molar-refractivity contribution in [1.82, 2.24) is 2.95 Å². The number of hydrogen-bond acceptors (Lipinski definition) is 1. The molecule has 0 bridgehead atoms. The molecule has 0 heterocycles. The number of benzene rings is 1. The highest BCUT2D eigenvalue weighted by Gasteiger charge is 2.08. The third-order valence-electron chi connectivity index (χ3n) is 1.17. The molecule has 11 heavy (non-hydrogen) atoms. The van der Waals surface area contributed by atoms with Crippen LogP contribution in [-0.4, -0.2) is 8.86 Å². The standard InChI is InChI=1S/C7H5Br2NO/c8-10(9)7(11)6-4-2-1-3-5-6/h1-5H. The lowest BCUT2D eigenvalue weighted by Gasteiger charge is -2.03. The molecule has 0 N–H and O–H groups in total. The third kappa shape index (κ3) is 2.31. The van der Waals surface area contributed by atoms with Gasteiger partial charge in [0.15, 0.2) is 0 Å². The first-order valence-corrected chi connectivity index (χ1v) is 4.35. The molecule has 0 aliphatic heterocycles. The van der Waals surface area contributed by atoms with E-state index >= 15 is 0 Å². The monoisotopic (exact) mass is 277 g/mol. The van der Waals surface area contributed by atoms with Crippen LogP contribution >= 0.6 is 32.3 Å². The van der Waals surface area contributed by atoms with Crippen LogP contribution in [0.4, 0.5) is 0 Å². The second-order valence-corrected chi connectivity index (χ2v) is 4.27. The lowest BCUT2D eigenvalue weighted by molar-refractivity contribution is 0.0942. The van der Waals surface area contributed by atoms with Gasteiger partial charge in [-0.3, -0.25) is 4.79 Å². The maximum absolute atomic E-state index is 11.2. The average Bonchev–Trinajstić information content (AvgIpc) is 2.05. The number of amides is 1. The van der Waals surface area contributed by atoms with E-state index < -0.39 is 0 Å². The zero-order chi connectivity index (χ0) is 8.27. The first kappa shape index (κ1) is 8.74. The fourth-order valence-corrected chi connectivity index (χ4v) is 1.09. The van der Waals surface area contributed by atoms with E-state index in [0.717, 1.165) is 0 Å². The highest BCUT2D eigenvalue weighted by Crippen LogP contribution is 2.12. The second kappa shape index (κ2) is 3.88. The van der Waals surface area contributed by atoms with E-state index in [2.05, 4.69) is 32.3 Å². The highest BCUT2D eigenvalue weighted by molar-refractivity contribution is 9.21. The molecule has 0 saturated carbocycles. The number of carbonyl (C=O) groups excluding carboxylic acids is 1. The third-order valence-corrected chi connectivity index (χ3v) is 1.82. The second-order valence-electron chi connectivity index (χ2n) is 1.90. The number of halogens is 2. The maximum atomic E-state index is 11.2. The molecule has 0 aliphatic rings. The van der Waals surface area contributed by atoms with Gasteiger partial charge in [0, 0.05) is 5.56 Å². The summed E-state index contributed by atoms with van der Waals surface area (Å²) in [5.74, 6) is -0.120. The molecule has 0 saturated heterocycles. The first-order chi connectivity index (χ1) is 5.22. The molecular formula is C7H5Br2NO. The van der Waals surface area contributed by atoms with Gasteiger partial charge in [0.2, 0.25) is 0 Å². The topological polar surface area (TPSA) is 20.3 Å². The fourth-order valence-electron chi connectivity index (χ4n) is 0.678. The van der Waals surface area contributed by atoms with Crippen molar-refractivity contribution >= 4 is 38.2 Å². The van der Waals surface area contributed by atoms with Gasteiger partial charge in [-0.25, -0.2) is 2.95 Å². The molecule has 1 aromatic carbocycles. The van der Waals surface area contributed by atoms with Crippen LogP contribution in [0.15, 0.2) is 30.3 Å². The highest BCUT2D eigenvalue weighted by atomic mass is 79.9. The molecule has 0 aliphatic carbocycles. The van der Waals surface area contributed by atoms with E-state index in [-0.39, 0.29) is 5.91 Å². The van der Waals surface area contributed by atoms with Crippen LogP contribution in [0.1, 0.15) is 10.4 Å². The largest absolute Gasteiger partial charge is 0.274 e. The minimum absolute atomic E-state index is 0.120. The molecule has 0 atom stereocenters. The smallest absolute Gasteiger partial charge is 0.267 e. The van der Waals surface area contributed by atoms with Crippen LogP contribution < -0.4 is 0 Å². The van der Waals surface area contributed by atoms with E-state index in [1.165, 1.54) is 2.95 Å². The van der Waals surface area contributed by atoms with Gasteiger partial charge in [-0.2, -0.15) is 0 Å². The molecule has 0 radical (unpaired) electrons. The Bertz CT molecular complexity index is 248. The van der Waals surface area contributed by atoms with Gasteiger partial charge in [-0.1, -0.05) is 18.2 Å². The van der Waals surface area contributed by atoms with Crippen molar-refractivity contribution in [2.24, 2.45) is 0 Å². The number of hydrogen-bond donors (Lipinski definition) is 0. The predicted octanol–water partition coefficient (Wildman–Crippen LogP) is 2.75. The fraction of sp³-hybridized carbons (Fsp3) is 0. The normalized spacial score (nSPS) is 9.27. The molecule has 2 nitrogen and oxygen atoms in total. The van der Waals surface area contributed by atoms with E-state index in [4.69, 9.17) is 0 Å². The van der Waals surface area contributed by atoms with Crippen molar-refractivity contribution in [3.8, 4) is 0 Å². The molecule has 0 fully saturated rings. The molecular weight excluding hydrogens is 274 g/mol. The average molecular weight is 279 g/mol. The van der Waals surface area contributed by atoms with Crippen LogP contribution in [0.3, 0.4) is 0 Å². The zero-order valence-corrected chi connectivity index (χ0v) is 8.67. The summed E-state index contributed by atoms with van der Waals surface area (Å²) in [6.07, 6.45) is 0. The molecule has 58 valence electrons. The van der Waals surface area contributed by atoms with Crippen molar-refractivity contribution in [2.45, 2.75) is 0 Å². The van der Waals surface area contributed by atoms with Gasteiger partial charge in [-0.05, 0) is 12.1 Å². The molecule has 0 unspecified atom stereocenters. The van der Waals surface area contributed by atoms with Crippen molar-refractivity contribution in [2.75, 3.05) is 0 Å². The van der Waals surface area contributed by atoms with Gasteiger partial charge in [0.25, 0.3) is 5.91 Å². The van der Waals surface area contributed by atoms with Crippen molar-refractivity contribution in [1.29, 1.82) is 0 Å². The zero-order valence-electron chi connectivity index (χ0n) is 5.50. The Morgan fingerprint density at radius 1 is 1.18 bits per heavy atom. The Morgan fingerprint density at radius 3 is 2.18 bits per heavy atom. The summed E-state index contributed by atoms with van der Waals surface area (Å²) in [4.78, 5) is 11.2. The lowest BCUT2D eigenvalue weighted by Crippen LogP contribution is -2.09. The minimum Gasteiger partial charge on any atom is -0.267 e. The van der Waals surface area contributed by atoms with E-state index in [1.54, 1.807) is 12.1 Å². The van der Waals surface area contributed by atoms with Gasteiger partial charge in [0.1, 0.15) is 0 Å². The van der Waals surface area contributed by atoms with E-state index in [9.17, 15) is 4.79 Å². The number of rotatable bonds is 1. The van der Waals surface area contributed by atoms with Gasteiger partial charge in [0.05, 0.1) is 32.3 Å². The number of carbonyl (C=O) groups is 1. The van der Waals surface area contributed by atoms with Crippen LogP contribution in [-0.2, 0) is 0 Å². The molecule has 1 rings (SSSR count). The summed E-state index contributed by atoms with van der Waals surface area (Å²) in [5, 5.41) is 0. The van der Waals surface area contributed by atoms with Crippen LogP contribution in [0.25, 0.3) is 0 Å². The van der Waals surface area contributed by atoms with E-state index in [1.807, 2.05) is 18.2 Å².